The minimum absolute atomic E-state index is 0.0103. The van der Waals surface area contributed by atoms with E-state index in [9.17, 15) is 9.59 Å². The Kier molecular flexibility index (Phi) is 5.99. The molecular weight excluding hydrogens is 402 g/mol. The van der Waals surface area contributed by atoms with Crippen LogP contribution in [0.5, 0.6) is 0 Å². The first kappa shape index (κ1) is 20.0. The van der Waals surface area contributed by atoms with Crippen molar-refractivity contribution in [1.82, 2.24) is 20.3 Å². The molecule has 1 saturated heterocycles. The molecule has 30 heavy (non-hydrogen) atoms. The number of esters is 1. The Balaban J connectivity index is 1.47. The largest absolute Gasteiger partial charge is 0.466 e. The van der Waals surface area contributed by atoms with E-state index in [1.165, 1.54) is 11.3 Å². The van der Waals surface area contributed by atoms with Gasteiger partial charge < -0.3 is 15.4 Å². The number of hydrogen-bond acceptors (Lipinski definition) is 8. The lowest BCUT2D eigenvalue weighted by Gasteiger charge is -2.08. The van der Waals surface area contributed by atoms with Gasteiger partial charge in [-0.2, -0.15) is 0 Å². The molecule has 0 aromatic carbocycles. The topological polar surface area (TPSA) is 106 Å². The van der Waals surface area contributed by atoms with Gasteiger partial charge in [0.1, 0.15) is 16.6 Å². The number of carbonyl (C=O) groups excluding carboxylic acids is 2. The summed E-state index contributed by atoms with van der Waals surface area (Å²) in [6, 6.07) is 9.25. The van der Waals surface area contributed by atoms with Crippen LogP contribution in [0.25, 0.3) is 10.6 Å². The van der Waals surface area contributed by atoms with Gasteiger partial charge in [-0.1, -0.05) is 6.07 Å². The molecule has 4 rings (SSSR count). The number of thiazole rings is 1. The summed E-state index contributed by atoms with van der Waals surface area (Å²) in [4.78, 5) is 37.5. The Hall–Kier alpha value is -3.33. The molecule has 8 nitrogen and oxygen atoms in total. The quantitative estimate of drug-likeness (QED) is 0.561. The zero-order chi connectivity index (χ0) is 20.9. The highest BCUT2D eigenvalue weighted by Crippen LogP contribution is 2.32. The molecule has 1 atom stereocenters. The monoisotopic (exact) mass is 423 g/mol. The predicted octanol–water partition coefficient (Wildman–Crippen LogP) is 3.40. The highest BCUT2D eigenvalue weighted by molar-refractivity contribution is 7.15. The van der Waals surface area contributed by atoms with Crippen LogP contribution in [0.2, 0.25) is 0 Å². The number of anilines is 2. The molecule has 1 aliphatic rings. The second-order valence-corrected chi connectivity index (χ2v) is 7.85. The molecule has 2 N–H and O–H groups in total. The number of carbonyl (C=O) groups is 2. The van der Waals surface area contributed by atoms with E-state index in [2.05, 4.69) is 25.6 Å². The Morgan fingerprint density at radius 2 is 2.20 bits per heavy atom. The van der Waals surface area contributed by atoms with Gasteiger partial charge in [-0.3, -0.25) is 9.59 Å². The fraction of sp³-hybridized carbons (Fsp3) is 0.286. The fourth-order valence-corrected chi connectivity index (χ4v) is 4.14. The second kappa shape index (κ2) is 9.00. The molecule has 0 bridgehead atoms. The summed E-state index contributed by atoms with van der Waals surface area (Å²) >= 11 is 1.53. The van der Waals surface area contributed by atoms with Crippen molar-refractivity contribution >= 4 is 34.8 Å². The summed E-state index contributed by atoms with van der Waals surface area (Å²) in [5, 5.41) is 7.01. The molecule has 0 unspecified atom stereocenters. The van der Waals surface area contributed by atoms with Crippen molar-refractivity contribution in [2.24, 2.45) is 0 Å². The molecular formula is C21H21N5O3S. The smallest absolute Gasteiger partial charge is 0.310 e. The average molecular weight is 423 g/mol. The van der Waals surface area contributed by atoms with Crippen molar-refractivity contribution in [1.29, 1.82) is 0 Å². The van der Waals surface area contributed by atoms with E-state index in [0.29, 0.717) is 24.7 Å². The number of amides is 1. The lowest BCUT2D eigenvalue weighted by Crippen LogP contribution is -2.17. The first-order valence-corrected chi connectivity index (χ1v) is 10.5. The normalized spacial score (nSPS) is 15.6. The number of aromatic nitrogens is 3. The third-order valence-electron chi connectivity index (χ3n) is 4.55. The van der Waals surface area contributed by atoms with Crippen molar-refractivity contribution < 1.29 is 14.3 Å². The molecule has 3 aromatic heterocycles. The number of nitrogens with zero attached hydrogens (tertiary/aromatic N) is 3. The number of hydrogen-bond donors (Lipinski definition) is 2. The van der Waals surface area contributed by atoms with Crippen LogP contribution in [0.15, 0.2) is 42.7 Å². The van der Waals surface area contributed by atoms with Crippen LogP contribution in [-0.2, 0) is 20.7 Å². The van der Waals surface area contributed by atoms with E-state index in [-0.39, 0.29) is 24.3 Å². The average Bonchev–Trinajstić information content (AvgIpc) is 3.38. The maximum Gasteiger partial charge on any atom is 0.310 e. The van der Waals surface area contributed by atoms with E-state index in [1.807, 2.05) is 18.2 Å². The van der Waals surface area contributed by atoms with Crippen molar-refractivity contribution in [2.45, 2.75) is 32.2 Å². The molecule has 3 aromatic rings. The molecule has 154 valence electrons. The molecule has 0 spiro atoms. The molecule has 9 heteroatoms. The SMILES string of the molecule is CCOC(=O)Cc1ccnc(Nc2cccc(-c3cnc([C@@H]4CCC(=O)N4)s3)n2)c1. The van der Waals surface area contributed by atoms with Crippen LogP contribution in [0.3, 0.4) is 0 Å². The van der Waals surface area contributed by atoms with Crippen LogP contribution >= 0.6 is 11.3 Å². The Morgan fingerprint density at radius 1 is 1.30 bits per heavy atom. The zero-order valence-electron chi connectivity index (χ0n) is 16.4. The summed E-state index contributed by atoms with van der Waals surface area (Å²) in [7, 11) is 0. The van der Waals surface area contributed by atoms with Gasteiger partial charge in [0.05, 0.1) is 29.6 Å². The lowest BCUT2D eigenvalue weighted by molar-refractivity contribution is -0.142. The maximum atomic E-state index is 11.7. The van der Waals surface area contributed by atoms with E-state index >= 15 is 0 Å². The fourth-order valence-electron chi connectivity index (χ4n) is 3.17. The van der Waals surface area contributed by atoms with Gasteiger partial charge >= 0.3 is 5.97 Å². The maximum absolute atomic E-state index is 11.7. The Labute approximate surface area is 177 Å². The molecule has 1 amide bonds. The summed E-state index contributed by atoms with van der Waals surface area (Å²) in [5.74, 6) is 1.03. The van der Waals surface area contributed by atoms with Crippen molar-refractivity contribution in [2.75, 3.05) is 11.9 Å². The lowest BCUT2D eigenvalue weighted by atomic mass is 10.2. The third kappa shape index (κ3) is 4.80. The van der Waals surface area contributed by atoms with Gasteiger partial charge in [0, 0.05) is 18.8 Å². The van der Waals surface area contributed by atoms with Gasteiger partial charge in [-0.05, 0) is 43.2 Å². The first-order valence-electron chi connectivity index (χ1n) is 9.71. The zero-order valence-corrected chi connectivity index (χ0v) is 17.2. The summed E-state index contributed by atoms with van der Waals surface area (Å²) < 4.78 is 4.99. The van der Waals surface area contributed by atoms with E-state index in [0.717, 1.165) is 27.6 Å². The summed E-state index contributed by atoms with van der Waals surface area (Å²) in [5.41, 5.74) is 1.60. The van der Waals surface area contributed by atoms with Crippen LogP contribution in [0.1, 0.15) is 36.4 Å². The predicted molar refractivity (Wildman–Crippen MR) is 113 cm³/mol. The standard InChI is InChI=1S/C21H21N5O3S/c1-2-29-20(28)11-13-8-9-22-18(10-13)26-17-5-3-4-14(24-17)16-12-23-21(30-16)15-6-7-19(27)25-15/h3-5,8-10,12,15H,2,6-7,11H2,1H3,(H,25,27)(H,22,24,26)/t15-/m0/s1. The highest BCUT2D eigenvalue weighted by atomic mass is 32.1. The first-order chi connectivity index (χ1) is 14.6. The number of rotatable bonds is 7. The van der Waals surface area contributed by atoms with Crippen LogP contribution in [-0.4, -0.2) is 33.4 Å². The van der Waals surface area contributed by atoms with Gasteiger partial charge in [0.2, 0.25) is 5.91 Å². The van der Waals surface area contributed by atoms with Gasteiger partial charge in [0.25, 0.3) is 0 Å². The molecule has 4 heterocycles. The van der Waals surface area contributed by atoms with Gasteiger partial charge in [0.15, 0.2) is 0 Å². The second-order valence-electron chi connectivity index (χ2n) is 6.79. The number of nitrogens with one attached hydrogen (secondary N) is 2. The van der Waals surface area contributed by atoms with Gasteiger partial charge in [-0.15, -0.1) is 11.3 Å². The van der Waals surface area contributed by atoms with Crippen molar-refractivity contribution in [3.8, 4) is 10.6 Å². The van der Waals surface area contributed by atoms with Crippen LogP contribution in [0, 0.1) is 0 Å². The number of pyridine rings is 2. The molecule has 1 fully saturated rings. The van der Waals surface area contributed by atoms with E-state index in [4.69, 9.17) is 4.74 Å². The molecule has 0 radical (unpaired) electrons. The molecule has 0 aliphatic carbocycles. The number of ether oxygens (including phenoxy) is 1. The highest BCUT2D eigenvalue weighted by Gasteiger charge is 2.25. The molecule has 0 saturated carbocycles. The van der Waals surface area contributed by atoms with Gasteiger partial charge in [-0.25, -0.2) is 15.0 Å². The third-order valence-corrected chi connectivity index (χ3v) is 5.69. The van der Waals surface area contributed by atoms with Crippen LogP contribution < -0.4 is 10.6 Å². The summed E-state index contributed by atoms with van der Waals surface area (Å²) in [6.45, 7) is 2.14. The molecule has 1 aliphatic heterocycles. The Morgan fingerprint density at radius 3 is 3.00 bits per heavy atom. The van der Waals surface area contributed by atoms with Crippen molar-refractivity contribution in [3.63, 3.8) is 0 Å². The van der Waals surface area contributed by atoms with E-state index in [1.54, 1.807) is 31.5 Å². The summed E-state index contributed by atoms with van der Waals surface area (Å²) in [6.07, 6.45) is 4.94. The Bertz CT molecular complexity index is 1070. The van der Waals surface area contributed by atoms with Crippen LogP contribution in [0.4, 0.5) is 11.6 Å². The van der Waals surface area contributed by atoms with E-state index < -0.39 is 0 Å². The minimum atomic E-state index is -0.269. The van der Waals surface area contributed by atoms with Crippen molar-refractivity contribution in [3.05, 3.63) is 53.3 Å². The minimum Gasteiger partial charge on any atom is -0.466 e.